The maximum Gasteiger partial charge on any atom is 0.278 e. The van der Waals surface area contributed by atoms with Gasteiger partial charge < -0.3 is 10.6 Å². The van der Waals surface area contributed by atoms with Crippen LogP contribution < -0.4 is 16.2 Å². The third-order valence-corrected chi connectivity index (χ3v) is 5.65. The van der Waals surface area contributed by atoms with Gasteiger partial charge in [0.05, 0.1) is 11.4 Å². The fourth-order valence-electron chi connectivity index (χ4n) is 3.20. The fraction of sp³-hybridized carbons (Fsp3) is 0.0800. The topological polar surface area (TPSA) is 117 Å². The number of anilines is 2. The van der Waals surface area contributed by atoms with E-state index in [2.05, 4.69) is 25.8 Å². The van der Waals surface area contributed by atoms with Gasteiger partial charge in [-0.2, -0.15) is 0 Å². The number of carbonyl (C=O) groups is 2. The molecule has 9 heteroatoms. The molecule has 0 aliphatic rings. The number of amides is 2. The third-order valence-electron chi connectivity index (χ3n) is 4.78. The van der Waals surface area contributed by atoms with Crippen LogP contribution in [0.1, 0.15) is 15.9 Å². The van der Waals surface area contributed by atoms with Crippen molar-refractivity contribution in [2.75, 3.05) is 16.4 Å². The van der Waals surface area contributed by atoms with Crippen LogP contribution in [0.4, 0.5) is 11.4 Å². The summed E-state index contributed by atoms with van der Waals surface area (Å²) in [6.07, 6.45) is 0. The van der Waals surface area contributed by atoms with Crippen molar-refractivity contribution in [3.63, 3.8) is 0 Å². The van der Waals surface area contributed by atoms with E-state index in [0.717, 1.165) is 17.3 Å². The number of nitrogens with one attached hydrogen (secondary N) is 3. The van der Waals surface area contributed by atoms with Crippen molar-refractivity contribution in [3.8, 4) is 11.3 Å². The van der Waals surface area contributed by atoms with Gasteiger partial charge in [-0.05, 0) is 42.8 Å². The molecule has 2 amide bonds. The molecule has 0 aliphatic heterocycles. The fourth-order valence-corrected chi connectivity index (χ4v) is 3.80. The Morgan fingerprint density at radius 3 is 2.44 bits per heavy atom. The minimum absolute atomic E-state index is 0.0572. The van der Waals surface area contributed by atoms with Gasteiger partial charge in [0, 0.05) is 16.8 Å². The predicted molar refractivity (Wildman–Crippen MR) is 133 cm³/mol. The molecule has 0 unspecified atom stereocenters. The average Bonchev–Trinajstić information content (AvgIpc) is 2.84. The molecule has 3 aromatic carbocycles. The van der Waals surface area contributed by atoms with Gasteiger partial charge >= 0.3 is 0 Å². The first kappa shape index (κ1) is 22.9. The minimum atomic E-state index is -0.474. The van der Waals surface area contributed by atoms with Gasteiger partial charge in [-0.15, -0.1) is 10.2 Å². The summed E-state index contributed by atoms with van der Waals surface area (Å²) >= 11 is 1.07. The first-order chi connectivity index (χ1) is 16.5. The molecule has 0 radical (unpaired) electrons. The van der Waals surface area contributed by atoms with E-state index in [0.29, 0.717) is 22.5 Å². The lowest BCUT2D eigenvalue weighted by atomic mass is 10.1. The molecule has 8 nitrogen and oxygen atoms in total. The Labute approximate surface area is 199 Å². The Morgan fingerprint density at radius 2 is 1.68 bits per heavy atom. The summed E-state index contributed by atoms with van der Waals surface area (Å²) in [5, 5.41) is 14.0. The lowest BCUT2D eigenvalue weighted by molar-refractivity contribution is -0.113. The van der Waals surface area contributed by atoms with E-state index in [1.165, 1.54) is 0 Å². The molecule has 4 aromatic rings. The molecule has 170 valence electrons. The van der Waals surface area contributed by atoms with E-state index in [1.54, 1.807) is 54.6 Å². The molecule has 0 aliphatic carbocycles. The highest BCUT2D eigenvalue weighted by molar-refractivity contribution is 7.99. The summed E-state index contributed by atoms with van der Waals surface area (Å²) in [6, 6.07) is 23.1. The molecule has 0 spiro atoms. The second kappa shape index (κ2) is 10.6. The predicted octanol–water partition coefficient (Wildman–Crippen LogP) is 4.12. The van der Waals surface area contributed by atoms with Crippen molar-refractivity contribution in [1.29, 1.82) is 0 Å². The first-order valence-corrected chi connectivity index (χ1v) is 11.4. The molecule has 0 atom stereocenters. The third kappa shape index (κ3) is 5.76. The van der Waals surface area contributed by atoms with Gasteiger partial charge in [-0.1, -0.05) is 60.3 Å². The van der Waals surface area contributed by atoms with Crippen LogP contribution in [0, 0.1) is 6.92 Å². The van der Waals surface area contributed by atoms with Crippen LogP contribution in [0.2, 0.25) is 0 Å². The van der Waals surface area contributed by atoms with E-state index in [1.807, 2.05) is 31.2 Å². The van der Waals surface area contributed by atoms with Gasteiger partial charge in [0.2, 0.25) is 5.91 Å². The van der Waals surface area contributed by atoms with Crippen molar-refractivity contribution < 1.29 is 9.59 Å². The maximum atomic E-state index is 12.7. The molecule has 0 bridgehead atoms. The number of hydrogen-bond acceptors (Lipinski definition) is 6. The largest absolute Gasteiger partial charge is 0.325 e. The number of rotatable bonds is 7. The van der Waals surface area contributed by atoms with E-state index in [-0.39, 0.29) is 28.4 Å². The summed E-state index contributed by atoms with van der Waals surface area (Å²) in [4.78, 5) is 40.2. The highest BCUT2D eigenvalue weighted by Gasteiger charge is 2.15. The Morgan fingerprint density at radius 1 is 0.912 bits per heavy atom. The lowest BCUT2D eigenvalue weighted by Gasteiger charge is -2.10. The highest BCUT2D eigenvalue weighted by Crippen LogP contribution is 2.24. The van der Waals surface area contributed by atoms with Crippen LogP contribution in [-0.2, 0) is 4.79 Å². The second-order valence-corrected chi connectivity index (χ2v) is 8.34. The van der Waals surface area contributed by atoms with Crippen molar-refractivity contribution in [1.82, 2.24) is 15.2 Å². The van der Waals surface area contributed by atoms with Crippen molar-refractivity contribution in [3.05, 3.63) is 100 Å². The number of benzene rings is 3. The highest BCUT2D eigenvalue weighted by atomic mass is 32.2. The summed E-state index contributed by atoms with van der Waals surface area (Å²) in [7, 11) is 0. The number of hydrogen-bond donors (Lipinski definition) is 3. The molecule has 0 saturated heterocycles. The average molecular weight is 472 g/mol. The number of carbonyl (C=O) groups excluding carboxylic acids is 2. The maximum absolute atomic E-state index is 12.7. The Kier molecular flexibility index (Phi) is 7.14. The standard InChI is InChI=1S/C25H21N5O3S/c1-16-8-7-11-18(14-16)26-21(31)15-34-25-28-24(33)22(29-30-25)19-12-5-6-13-20(19)27-23(32)17-9-3-2-4-10-17/h2-14H,15H2,1H3,(H,26,31)(H,27,32)(H,28,30,33). The summed E-state index contributed by atoms with van der Waals surface area (Å²) in [5.74, 6) is -0.470. The molecule has 0 saturated carbocycles. The number of para-hydroxylation sites is 1. The van der Waals surface area contributed by atoms with E-state index in [4.69, 9.17) is 0 Å². The molecule has 3 N–H and O–H groups in total. The molecule has 1 heterocycles. The second-order valence-electron chi connectivity index (χ2n) is 7.38. The molecular formula is C25H21N5O3S. The van der Waals surface area contributed by atoms with Crippen LogP contribution in [0.5, 0.6) is 0 Å². The number of aromatic nitrogens is 3. The van der Waals surface area contributed by atoms with Crippen molar-refractivity contribution >= 4 is 35.0 Å². The van der Waals surface area contributed by atoms with E-state index < -0.39 is 5.56 Å². The van der Waals surface area contributed by atoms with Crippen LogP contribution in [0.3, 0.4) is 0 Å². The minimum Gasteiger partial charge on any atom is -0.325 e. The van der Waals surface area contributed by atoms with Gasteiger partial charge in [-0.3, -0.25) is 19.4 Å². The zero-order chi connectivity index (χ0) is 23.9. The Balaban J connectivity index is 1.46. The Bertz CT molecular complexity index is 1390. The normalized spacial score (nSPS) is 10.5. The molecule has 4 rings (SSSR count). The first-order valence-electron chi connectivity index (χ1n) is 10.4. The Hall–Kier alpha value is -4.24. The molecule has 1 aromatic heterocycles. The smallest absolute Gasteiger partial charge is 0.278 e. The van der Waals surface area contributed by atoms with Crippen molar-refractivity contribution in [2.45, 2.75) is 12.1 Å². The summed E-state index contributed by atoms with van der Waals surface area (Å²) < 4.78 is 0. The number of thioether (sulfide) groups is 1. The number of aromatic amines is 1. The van der Waals surface area contributed by atoms with Crippen molar-refractivity contribution in [2.24, 2.45) is 0 Å². The van der Waals surface area contributed by atoms with Gasteiger partial charge in [0.1, 0.15) is 0 Å². The SMILES string of the molecule is Cc1cccc(NC(=O)CSc2nnc(-c3ccccc3NC(=O)c3ccccc3)c(=O)[nH]2)c1. The van der Waals surface area contributed by atoms with Crippen LogP contribution in [-0.4, -0.2) is 32.7 Å². The number of aryl methyl sites for hydroxylation is 1. The van der Waals surface area contributed by atoms with E-state index >= 15 is 0 Å². The number of nitrogens with zero attached hydrogens (tertiary/aromatic N) is 2. The van der Waals surface area contributed by atoms with Crippen LogP contribution in [0.25, 0.3) is 11.3 Å². The summed E-state index contributed by atoms with van der Waals surface area (Å²) in [6.45, 7) is 1.94. The zero-order valence-electron chi connectivity index (χ0n) is 18.2. The lowest BCUT2D eigenvalue weighted by Crippen LogP contribution is -2.18. The molecule has 0 fully saturated rings. The van der Waals surface area contributed by atoms with Gasteiger partial charge in [0.15, 0.2) is 10.9 Å². The monoisotopic (exact) mass is 471 g/mol. The van der Waals surface area contributed by atoms with E-state index in [9.17, 15) is 14.4 Å². The molecular weight excluding hydrogens is 450 g/mol. The zero-order valence-corrected chi connectivity index (χ0v) is 19.1. The molecule has 34 heavy (non-hydrogen) atoms. The van der Waals surface area contributed by atoms with Crippen LogP contribution in [0.15, 0.2) is 88.8 Å². The van der Waals surface area contributed by atoms with Crippen LogP contribution >= 0.6 is 11.8 Å². The number of H-pyrrole nitrogens is 1. The van der Waals surface area contributed by atoms with Gasteiger partial charge in [0.25, 0.3) is 11.5 Å². The summed E-state index contributed by atoms with van der Waals surface area (Å²) in [5.41, 5.74) is 2.71. The quantitative estimate of drug-likeness (QED) is 0.349. The van der Waals surface area contributed by atoms with Gasteiger partial charge in [-0.25, -0.2) is 0 Å².